The van der Waals surface area contributed by atoms with E-state index in [0.717, 1.165) is 36.2 Å². The lowest BCUT2D eigenvalue weighted by atomic mass is 10.0. The molecule has 0 amide bonds. The Labute approximate surface area is 204 Å². The molecule has 1 aliphatic carbocycles. The Balaban J connectivity index is 1.77. The highest BCUT2D eigenvalue weighted by atomic mass is 19.1. The largest absolute Gasteiger partial charge is 0.396 e. The Morgan fingerprint density at radius 3 is 2.40 bits per heavy atom. The van der Waals surface area contributed by atoms with Crippen molar-refractivity contribution < 1.29 is 8.78 Å². The van der Waals surface area contributed by atoms with E-state index in [9.17, 15) is 8.78 Å². The van der Waals surface area contributed by atoms with Gasteiger partial charge in [-0.25, -0.2) is 18.7 Å². The van der Waals surface area contributed by atoms with E-state index in [-0.39, 0.29) is 23.5 Å². The maximum atomic E-state index is 14.4. The Bertz CT molecular complexity index is 1180. The summed E-state index contributed by atoms with van der Waals surface area (Å²) in [5, 5.41) is 3.45. The number of hydrogen-bond donors (Lipinski definition) is 4. The number of aromatic nitrogens is 2. The van der Waals surface area contributed by atoms with Crippen LogP contribution >= 0.6 is 0 Å². The molecule has 2 atom stereocenters. The molecule has 2 heterocycles. The van der Waals surface area contributed by atoms with Crippen LogP contribution in [-0.2, 0) is 0 Å². The van der Waals surface area contributed by atoms with Crippen molar-refractivity contribution in [1.82, 2.24) is 20.2 Å². The fourth-order valence-corrected chi connectivity index (χ4v) is 4.30. The maximum absolute atomic E-state index is 14.4. The minimum absolute atomic E-state index is 0.0398. The van der Waals surface area contributed by atoms with E-state index in [1.54, 1.807) is 6.08 Å². The Morgan fingerprint density at radius 2 is 1.83 bits per heavy atom. The van der Waals surface area contributed by atoms with Crippen molar-refractivity contribution in [3.05, 3.63) is 83.5 Å². The lowest BCUT2D eigenvalue weighted by Crippen LogP contribution is -2.51. The van der Waals surface area contributed by atoms with Gasteiger partial charge in [-0.1, -0.05) is 18.7 Å². The van der Waals surface area contributed by atoms with Crippen molar-refractivity contribution in [2.75, 3.05) is 18.8 Å². The average molecular weight is 480 g/mol. The monoisotopic (exact) mass is 479 g/mol. The van der Waals surface area contributed by atoms with Crippen LogP contribution in [0.4, 0.5) is 14.5 Å². The Kier molecular flexibility index (Phi) is 7.28. The zero-order chi connectivity index (χ0) is 25.1. The summed E-state index contributed by atoms with van der Waals surface area (Å²) in [6, 6.07) is 3.57. The predicted octanol–water partition coefficient (Wildman–Crippen LogP) is 3.43. The molecule has 4 rings (SSSR count). The summed E-state index contributed by atoms with van der Waals surface area (Å²) in [6.45, 7) is 7.25. The van der Waals surface area contributed by atoms with Gasteiger partial charge in [-0.2, -0.15) is 0 Å². The average Bonchev–Trinajstić information content (AvgIpc) is 3.65. The van der Waals surface area contributed by atoms with Gasteiger partial charge >= 0.3 is 0 Å². The number of anilines is 1. The summed E-state index contributed by atoms with van der Waals surface area (Å²) in [4.78, 5) is 10.7. The Morgan fingerprint density at radius 1 is 1.17 bits per heavy atom. The van der Waals surface area contributed by atoms with Crippen LogP contribution in [0, 0.1) is 11.6 Å². The lowest BCUT2D eigenvalue weighted by Gasteiger charge is -2.37. The molecular formula is C26H31F2N7. The third-order valence-electron chi connectivity index (χ3n) is 6.01. The van der Waals surface area contributed by atoms with Gasteiger partial charge in [-0.15, -0.1) is 0 Å². The lowest BCUT2D eigenvalue weighted by molar-refractivity contribution is 0.239. The van der Waals surface area contributed by atoms with Crippen molar-refractivity contribution in [2.24, 2.45) is 11.5 Å². The molecule has 0 bridgehead atoms. The smallest absolute Gasteiger partial charge is 0.165 e. The molecule has 7 nitrogen and oxygen atoms in total. The summed E-state index contributed by atoms with van der Waals surface area (Å²) in [6.07, 6.45) is 9.50. The first-order valence-corrected chi connectivity index (χ1v) is 11.6. The molecule has 1 aromatic carbocycles. The highest BCUT2D eigenvalue weighted by Gasteiger charge is 2.27. The van der Waals surface area contributed by atoms with Crippen molar-refractivity contribution in [2.45, 2.75) is 38.3 Å². The highest BCUT2D eigenvalue weighted by molar-refractivity contribution is 5.77. The van der Waals surface area contributed by atoms with Crippen LogP contribution in [0.25, 0.3) is 17.1 Å². The summed E-state index contributed by atoms with van der Waals surface area (Å²) in [5.41, 5.74) is 22.5. The molecule has 2 aliphatic rings. The number of likely N-dealkylation sites (tertiary alicyclic amines) is 1. The number of nitrogens with one attached hydrogen (secondary N) is 1. The molecule has 1 aliphatic heterocycles. The number of benzene rings is 1. The summed E-state index contributed by atoms with van der Waals surface area (Å²) in [7, 11) is 0. The van der Waals surface area contributed by atoms with Crippen LogP contribution in [0.15, 0.2) is 66.2 Å². The molecular weight excluding hydrogens is 448 g/mol. The van der Waals surface area contributed by atoms with Gasteiger partial charge in [0.05, 0.1) is 34.5 Å². The third kappa shape index (κ3) is 5.41. The fourth-order valence-electron chi connectivity index (χ4n) is 4.30. The van der Waals surface area contributed by atoms with Crippen LogP contribution in [0.5, 0.6) is 0 Å². The molecule has 0 spiro atoms. The second-order valence-corrected chi connectivity index (χ2v) is 8.86. The van der Waals surface area contributed by atoms with Gasteiger partial charge in [-0.3, -0.25) is 0 Å². The number of nitrogens with zero attached hydrogens (tertiary/aromatic N) is 3. The van der Waals surface area contributed by atoms with Gasteiger partial charge < -0.3 is 27.4 Å². The van der Waals surface area contributed by atoms with E-state index in [2.05, 4.69) is 26.8 Å². The van der Waals surface area contributed by atoms with E-state index < -0.39 is 11.6 Å². The van der Waals surface area contributed by atoms with Crippen molar-refractivity contribution in [3.8, 4) is 11.4 Å². The van der Waals surface area contributed by atoms with Gasteiger partial charge in [0, 0.05) is 25.2 Å². The molecule has 0 radical (unpaired) electrons. The SMILES string of the molecule is C=C/C(NC(=C1CC1)c1nc(-c2c(F)cccc2F)ncc1N)=C(\C=C/C)N1C[C@H](N)C[C@H](N)C1. The maximum Gasteiger partial charge on any atom is 0.165 e. The molecule has 1 aromatic heterocycles. The Hall–Kier alpha value is -3.56. The topological polar surface area (TPSA) is 119 Å². The van der Waals surface area contributed by atoms with Crippen LogP contribution in [0.1, 0.15) is 31.9 Å². The van der Waals surface area contributed by atoms with Gasteiger partial charge in [-0.05, 0) is 56.0 Å². The fraction of sp³-hybridized carbons (Fsp3) is 0.308. The first kappa shape index (κ1) is 24.6. The zero-order valence-corrected chi connectivity index (χ0v) is 19.8. The number of allylic oxidation sites excluding steroid dienone is 4. The number of nitrogen functional groups attached to an aromatic ring is 1. The third-order valence-corrected chi connectivity index (χ3v) is 6.01. The van der Waals surface area contributed by atoms with Crippen LogP contribution in [-0.4, -0.2) is 40.0 Å². The number of halogens is 2. The normalized spacial score (nSPS) is 20.6. The van der Waals surface area contributed by atoms with Crippen LogP contribution in [0.2, 0.25) is 0 Å². The first-order chi connectivity index (χ1) is 16.8. The highest BCUT2D eigenvalue weighted by Crippen LogP contribution is 2.37. The van der Waals surface area contributed by atoms with Crippen LogP contribution < -0.4 is 22.5 Å². The molecule has 2 fully saturated rings. The van der Waals surface area contributed by atoms with Crippen molar-refractivity contribution >= 4 is 11.4 Å². The first-order valence-electron chi connectivity index (χ1n) is 11.6. The van der Waals surface area contributed by atoms with Crippen molar-refractivity contribution in [3.63, 3.8) is 0 Å². The van der Waals surface area contributed by atoms with E-state index in [4.69, 9.17) is 17.2 Å². The zero-order valence-electron chi connectivity index (χ0n) is 19.8. The predicted molar refractivity (Wildman–Crippen MR) is 135 cm³/mol. The van der Waals surface area contributed by atoms with E-state index in [1.807, 2.05) is 19.1 Å². The second-order valence-electron chi connectivity index (χ2n) is 8.86. The molecule has 7 N–H and O–H groups in total. The summed E-state index contributed by atoms with van der Waals surface area (Å²) < 4.78 is 28.9. The minimum Gasteiger partial charge on any atom is -0.396 e. The molecule has 35 heavy (non-hydrogen) atoms. The van der Waals surface area contributed by atoms with Gasteiger partial charge in [0.15, 0.2) is 5.82 Å². The number of hydrogen-bond acceptors (Lipinski definition) is 7. The number of nitrogens with two attached hydrogens (primary N) is 3. The van der Waals surface area contributed by atoms with Crippen molar-refractivity contribution in [1.29, 1.82) is 0 Å². The molecule has 1 saturated heterocycles. The van der Waals surface area contributed by atoms with Gasteiger partial charge in [0.1, 0.15) is 17.3 Å². The number of rotatable bonds is 7. The molecule has 2 aromatic rings. The van der Waals surface area contributed by atoms with E-state index in [1.165, 1.54) is 24.4 Å². The second kappa shape index (κ2) is 10.4. The molecule has 1 saturated carbocycles. The van der Waals surface area contributed by atoms with E-state index in [0.29, 0.717) is 30.2 Å². The molecule has 184 valence electrons. The standard InChI is InChI=1S/C26H31F2N7/c1-3-6-22(35-13-16(29)11-17(30)14-35)21(4-2)33-24(15-9-10-15)25-20(31)12-32-26(34-25)23-18(27)7-5-8-19(23)28/h3-8,12,16-17,33H,2,9-11,13-14,29-31H2,1H3/b6-3-,22-21-/t16-,17+. The molecule has 9 heteroatoms. The van der Waals surface area contributed by atoms with Crippen LogP contribution in [0.3, 0.4) is 0 Å². The van der Waals surface area contributed by atoms with E-state index >= 15 is 0 Å². The minimum atomic E-state index is -0.742. The molecule has 0 unspecified atom stereocenters. The number of piperidine rings is 1. The summed E-state index contributed by atoms with van der Waals surface area (Å²) >= 11 is 0. The summed E-state index contributed by atoms with van der Waals surface area (Å²) in [5.74, 6) is -1.56. The quantitative estimate of drug-likeness (QED) is 0.449. The van der Waals surface area contributed by atoms with Gasteiger partial charge in [0.25, 0.3) is 0 Å². The van der Waals surface area contributed by atoms with Gasteiger partial charge in [0.2, 0.25) is 0 Å².